The van der Waals surface area contributed by atoms with E-state index in [1.807, 2.05) is 0 Å². The normalized spacial score (nSPS) is 16.6. The van der Waals surface area contributed by atoms with Crippen LogP contribution in [0, 0.1) is 5.92 Å². The number of hydrogen-bond acceptors (Lipinski definition) is 6. The van der Waals surface area contributed by atoms with Crippen molar-refractivity contribution in [3.05, 3.63) is 47.3 Å². The van der Waals surface area contributed by atoms with E-state index < -0.39 is 0 Å². The van der Waals surface area contributed by atoms with Crippen LogP contribution in [0.1, 0.15) is 40.0 Å². The first-order valence-electron chi connectivity index (χ1n) is 8.30. The van der Waals surface area contributed by atoms with Crippen LogP contribution in [0.3, 0.4) is 0 Å². The third kappa shape index (κ3) is 4.67. The predicted molar refractivity (Wildman–Crippen MR) is 90.6 cm³/mol. The highest BCUT2D eigenvalue weighted by Gasteiger charge is 2.17. The Bertz CT molecular complexity index is 733. The van der Waals surface area contributed by atoms with Crippen LogP contribution in [-0.4, -0.2) is 36.5 Å². The lowest BCUT2D eigenvalue weighted by molar-refractivity contribution is 0.0938. The van der Waals surface area contributed by atoms with Gasteiger partial charge in [0.25, 0.3) is 5.91 Å². The summed E-state index contributed by atoms with van der Waals surface area (Å²) >= 11 is 0. The molecule has 0 aliphatic carbocycles. The largest absolute Gasteiger partial charge is 0.486 e. The van der Waals surface area contributed by atoms with Gasteiger partial charge in [0.1, 0.15) is 12.4 Å². The summed E-state index contributed by atoms with van der Waals surface area (Å²) in [5.41, 5.74) is 0.875. The lowest BCUT2D eigenvalue weighted by Gasteiger charge is -2.08. The van der Waals surface area contributed by atoms with Gasteiger partial charge in [0.2, 0.25) is 0 Å². The minimum Gasteiger partial charge on any atom is -0.486 e. The standard InChI is InChI=1S/C18H21N3O4/c1-12(22)14-2-4-15(5-3-14)24-11-16-8-17(21-25-16)18(23)20-10-13-6-7-19-9-13/h2-5,8,13,19H,6-7,9-11H2,1H3,(H,20,23)/t13-/m0/s1. The van der Waals surface area contributed by atoms with E-state index in [2.05, 4.69) is 15.8 Å². The molecule has 2 aromatic rings. The summed E-state index contributed by atoms with van der Waals surface area (Å²) < 4.78 is 10.7. The van der Waals surface area contributed by atoms with Gasteiger partial charge < -0.3 is 19.9 Å². The highest BCUT2D eigenvalue weighted by atomic mass is 16.5. The summed E-state index contributed by atoms with van der Waals surface area (Å²) in [6, 6.07) is 8.42. The predicted octanol–water partition coefficient (Wildman–Crippen LogP) is 1.80. The number of Topliss-reactive ketones (excluding diaryl/α,β-unsaturated/α-hetero) is 1. The van der Waals surface area contributed by atoms with Crippen LogP contribution in [-0.2, 0) is 6.61 Å². The van der Waals surface area contributed by atoms with Crippen molar-refractivity contribution in [2.45, 2.75) is 20.0 Å². The van der Waals surface area contributed by atoms with E-state index in [1.54, 1.807) is 30.3 Å². The van der Waals surface area contributed by atoms with Crippen molar-refractivity contribution >= 4 is 11.7 Å². The molecule has 0 spiro atoms. The molecule has 2 heterocycles. The Hall–Kier alpha value is -2.67. The van der Waals surface area contributed by atoms with Crippen molar-refractivity contribution in [1.29, 1.82) is 0 Å². The van der Waals surface area contributed by atoms with Gasteiger partial charge in [-0.1, -0.05) is 5.16 Å². The van der Waals surface area contributed by atoms with Gasteiger partial charge in [0.15, 0.2) is 17.2 Å². The number of amides is 1. The fourth-order valence-corrected chi connectivity index (χ4v) is 2.64. The molecule has 1 saturated heterocycles. The summed E-state index contributed by atoms with van der Waals surface area (Å²) in [4.78, 5) is 23.3. The smallest absolute Gasteiger partial charge is 0.273 e. The van der Waals surface area contributed by atoms with E-state index in [0.717, 1.165) is 19.5 Å². The van der Waals surface area contributed by atoms with Gasteiger partial charge in [-0.3, -0.25) is 9.59 Å². The van der Waals surface area contributed by atoms with Gasteiger partial charge in [-0.2, -0.15) is 0 Å². The number of nitrogens with zero attached hydrogens (tertiary/aromatic N) is 1. The number of aromatic nitrogens is 1. The quantitative estimate of drug-likeness (QED) is 0.745. The molecule has 1 aliphatic rings. The molecule has 0 radical (unpaired) electrons. The Morgan fingerprint density at radius 3 is 2.84 bits per heavy atom. The lowest BCUT2D eigenvalue weighted by Crippen LogP contribution is -2.30. The third-order valence-corrected chi connectivity index (χ3v) is 4.15. The molecule has 0 unspecified atom stereocenters. The highest BCUT2D eigenvalue weighted by molar-refractivity contribution is 5.94. The van der Waals surface area contributed by atoms with Crippen LogP contribution >= 0.6 is 0 Å². The molecule has 0 bridgehead atoms. The van der Waals surface area contributed by atoms with Crippen molar-refractivity contribution in [1.82, 2.24) is 15.8 Å². The van der Waals surface area contributed by atoms with E-state index >= 15 is 0 Å². The maximum Gasteiger partial charge on any atom is 0.273 e. The Labute approximate surface area is 145 Å². The second kappa shape index (κ2) is 7.94. The molecule has 1 amide bonds. The van der Waals surface area contributed by atoms with Gasteiger partial charge in [-0.25, -0.2) is 0 Å². The van der Waals surface area contributed by atoms with Gasteiger partial charge in [-0.15, -0.1) is 0 Å². The maximum atomic E-state index is 12.1. The van der Waals surface area contributed by atoms with Crippen molar-refractivity contribution in [2.75, 3.05) is 19.6 Å². The van der Waals surface area contributed by atoms with E-state index in [-0.39, 0.29) is 24.0 Å². The average Bonchev–Trinajstić information content (AvgIpc) is 3.30. The van der Waals surface area contributed by atoms with E-state index in [0.29, 0.717) is 29.5 Å². The minimum absolute atomic E-state index is 0.00539. The fourth-order valence-electron chi connectivity index (χ4n) is 2.64. The summed E-state index contributed by atoms with van der Waals surface area (Å²) in [5, 5.41) is 9.92. The number of ketones is 1. The van der Waals surface area contributed by atoms with Crippen LogP contribution in [0.5, 0.6) is 5.75 Å². The molecule has 0 saturated carbocycles. The Morgan fingerprint density at radius 1 is 1.36 bits per heavy atom. The van der Waals surface area contributed by atoms with E-state index in [1.165, 1.54) is 6.92 Å². The minimum atomic E-state index is -0.243. The number of hydrogen-bond donors (Lipinski definition) is 2. The molecule has 3 rings (SSSR count). The summed E-state index contributed by atoms with van der Waals surface area (Å²) in [6.45, 7) is 4.24. The number of nitrogens with one attached hydrogen (secondary N) is 2. The van der Waals surface area contributed by atoms with Gasteiger partial charge >= 0.3 is 0 Å². The molecule has 7 heteroatoms. The molecule has 1 atom stereocenters. The zero-order valence-corrected chi connectivity index (χ0v) is 14.1. The first-order valence-corrected chi connectivity index (χ1v) is 8.30. The lowest BCUT2D eigenvalue weighted by atomic mass is 10.1. The molecular formula is C18H21N3O4. The molecule has 1 aliphatic heterocycles. The molecular weight excluding hydrogens is 322 g/mol. The third-order valence-electron chi connectivity index (χ3n) is 4.15. The van der Waals surface area contributed by atoms with E-state index in [4.69, 9.17) is 9.26 Å². The molecule has 25 heavy (non-hydrogen) atoms. The molecule has 1 aromatic carbocycles. The Balaban J connectivity index is 1.49. The number of carbonyl (C=O) groups is 2. The van der Waals surface area contributed by atoms with Gasteiger partial charge in [-0.05, 0) is 56.6 Å². The number of benzene rings is 1. The number of ether oxygens (including phenoxy) is 1. The van der Waals surface area contributed by atoms with Gasteiger partial charge in [0, 0.05) is 18.2 Å². The number of rotatable bonds is 7. The molecule has 132 valence electrons. The van der Waals surface area contributed by atoms with Gasteiger partial charge in [0.05, 0.1) is 0 Å². The fraction of sp³-hybridized carbons (Fsp3) is 0.389. The van der Waals surface area contributed by atoms with Crippen LogP contribution < -0.4 is 15.4 Å². The molecule has 2 N–H and O–H groups in total. The highest BCUT2D eigenvalue weighted by Crippen LogP contribution is 2.15. The maximum absolute atomic E-state index is 12.1. The second-order valence-electron chi connectivity index (χ2n) is 6.12. The monoisotopic (exact) mass is 343 g/mol. The molecule has 1 aromatic heterocycles. The SMILES string of the molecule is CC(=O)c1ccc(OCc2cc(C(=O)NC[C@H]3CCNC3)no2)cc1. The Kier molecular flexibility index (Phi) is 5.45. The van der Waals surface area contributed by atoms with Crippen LogP contribution in [0.25, 0.3) is 0 Å². The summed E-state index contributed by atoms with van der Waals surface area (Å²) in [7, 11) is 0. The zero-order chi connectivity index (χ0) is 17.6. The average molecular weight is 343 g/mol. The van der Waals surface area contributed by atoms with Crippen LogP contribution in [0.4, 0.5) is 0 Å². The Morgan fingerprint density at radius 2 is 2.16 bits per heavy atom. The zero-order valence-electron chi connectivity index (χ0n) is 14.1. The van der Waals surface area contributed by atoms with E-state index in [9.17, 15) is 9.59 Å². The molecule has 1 fully saturated rings. The van der Waals surface area contributed by atoms with Crippen molar-refractivity contribution in [3.63, 3.8) is 0 Å². The molecule has 7 nitrogen and oxygen atoms in total. The van der Waals surface area contributed by atoms with Crippen molar-refractivity contribution in [3.8, 4) is 5.75 Å². The summed E-state index contributed by atoms with van der Waals surface area (Å²) in [5.74, 6) is 1.31. The first kappa shape index (κ1) is 17.2. The van der Waals surface area contributed by atoms with Crippen molar-refractivity contribution < 1.29 is 18.8 Å². The van der Waals surface area contributed by atoms with Crippen LogP contribution in [0.2, 0.25) is 0 Å². The number of carbonyl (C=O) groups excluding carboxylic acids is 2. The first-order chi connectivity index (χ1) is 12.1. The van der Waals surface area contributed by atoms with Crippen LogP contribution in [0.15, 0.2) is 34.9 Å². The second-order valence-corrected chi connectivity index (χ2v) is 6.12. The van der Waals surface area contributed by atoms with Crippen molar-refractivity contribution in [2.24, 2.45) is 5.92 Å². The summed E-state index contributed by atoms with van der Waals surface area (Å²) in [6.07, 6.45) is 1.07. The topological polar surface area (TPSA) is 93.5 Å².